The third-order valence-corrected chi connectivity index (χ3v) is 4.42. The number of fused-ring (bicyclic) bond motifs is 1. The van der Waals surface area contributed by atoms with Crippen LogP contribution in [0.2, 0.25) is 0 Å². The third kappa shape index (κ3) is 3.34. The lowest BCUT2D eigenvalue weighted by Gasteiger charge is -2.25. The molecule has 24 heavy (non-hydrogen) atoms. The molecule has 0 fully saturated rings. The van der Waals surface area contributed by atoms with Crippen molar-refractivity contribution in [1.82, 2.24) is 14.8 Å². The Bertz CT molecular complexity index is 851. The quantitative estimate of drug-likeness (QED) is 0.783. The summed E-state index contributed by atoms with van der Waals surface area (Å²) in [5.74, 6) is -0.0400. The largest absolute Gasteiger partial charge is 0.353 e. The van der Waals surface area contributed by atoms with E-state index in [1.54, 1.807) is 0 Å². The standard InChI is InChI=1S/C20H23N3O/c1-22(2)19(18-9-6-12-23(18)3)14-21-20(24)17-11-10-15-7-4-5-8-16(15)13-17/h4-13,19H,14H2,1-3H3,(H,21,24). The monoisotopic (exact) mass is 321 g/mol. The van der Waals surface area contributed by atoms with E-state index in [2.05, 4.69) is 26.9 Å². The predicted molar refractivity (Wildman–Crippen MR) is 98.1 cm³/mol. The number of nitrogens with zero attached hydrogens (tertiary/aromatic N) is 2. The fraction of sp³-hybridized carbons (Fsp3) is 0.250. The van der Waals surface area contributed by atoms with Crippen molar-refractivity contribution in [3.05, 3.63) is 72.1 Å². The van der Waals surface area contributed by atoms with Gasteiger partial charge >= 0.3 is 0 Å². The van der Waals surface area contributed by atoms with Gasteiger partial charge in [-0.1, -0.05) is 30.3 Å². The van der Waals surface area contributed by atoms with E-state index in [9.17, 15) is 4.79 Å². The van der Waals surface area contributed by atoms with Crippen LogP contribution in [0.15, 0.2) is 60.8 Å². The van der Waals surface area contributed by atoms with Crippen LogP contribution < -0.4 is 5.32 Å². The first-order chi connectivity index (χ1) is 11.6. The molecule has 1 aromatic heterocycles. The van der Waals surface area contributed by atoms with E-state index >= 15 is 0 Å². The molecule has 0 aliphatic heterocycles. The lowest BCUT2D eigenvalue weighted by atomic mass is 10.1. The highest BCUT2D eigenvalue weighted by Gasteiger charge is 2.18. The molecule has 1 N–H and O–H groups in total. The first-order valence-electron chi connectivity index (χ1n) is 8.11. The van der Waals surface area contributed by atoms with Gasteiger partial charge in [-0.05, 0) is 49.1 Å². The highest BCUT2D eigenvalue weighted by Crippen LogP contribution is 2.18. The molecule has 4 nitrogen and oxygen atoms in total. The number of rotatable bonds is 5. The second-order valence-corrected chi connectivity index (χ2v) is 6.30. The van der Waals surface area contributed by atoms with E-state index < -0.39 is 0 Å². The Morgan fingerprint density at radius 1 is 1.08 bits per heavy atom. The van der Waals surface area contributed by atoms with Gasteiger partial charge in [-0.2, -0.15) is 0 Å². The smallest absolute Gasteiger partial charge is 0.251 e. The number of aromatic nitrogens is 1. The summed E-state index contributed by atoms with van der Waals surface area (Å²) in [5, 5.41) is 5.29. The molecule has 3 aromatic rings. The molecule has 4 heteroatoms. The van der Waals surface area contributed by atoms with Crippen molar-refractivity contribution in [3.63, 3.8) is 0 Å². The van der Waals surface area contributed by atoms with Gasteiger partial charge in [0, 0.05) is 31.0 Å². The fourth-order valence-corrected chi connectivity index (χ4v) is 2.99. The molecule has 0 aliphatic carbocycles. The Kier molecular flexibility index (Phi) is 4.67. The highest BCUT2D eigenvalue weighted by molar-refractivity contribution is 5.98. The summed E-state index contributed by atoms with van der Waals surface area (Å²) in [7, 11) is 6.08. The summed E-state index contributed by atoms with van der Waals surface area (Å²) in [6, 6.07) is 18.1. The minimum Gasteiger partial charge on any atom is -0.353 e. The number of hydrogen-bond acceptors (Lipinski definition) is 2. The first kappa shape index (κ1) is 16.3. The van der Waals surface area contributed by atoms with Crippen molar-refractivity contribution in [3.8, 4) is 0 Å². The van der Waals surface area contributed by atoms with Crippen molar-refractivity contribution >= 4 is 16.7 Å². The topological polar surface area (TPSA) is 37.3 Å². The zero-order valence-corrected chi connectivity index (χ0v) is 14.4. The Morgan fingerprint density at radius 3 is 2.50 bits per heavy atom. The van der Waals surface area contributed by atoms with E-state index in [0.29, 0.717) is 12.1 Å². The molecule has 0 aliphatic rings. The van der Waals surface area contributed by atoms with Gasteiger partial charge < -0.3 is 9.88 Å². The number of nitrogens with one attached hydrogen (secondary N) is 1. The first-order valence-corrected chi connectivity index (χ1v) is 8.11. The normalized spacial score (nSPS) is 12.5. The third-order valence-electron chi connectivity index (χ3n) is 4.42. The van der Waals surface area contributed by atoms with Crippen molar-refractivity contribution in [2.24, 2.45) is 7.05 Å². The van der Waals surface area contributed by atoms with E-state index in [4.69, 9.17) is 0 Å². The average molecular weight is 321 g/mol. The van der Waals surface area contributed by atoms with Crippen molar-refractivity contribution < 1.29 is 4.79 Å². The number of amides is 1. The Hall–Kier alpha value is -2.59. The molecule has 1 amide bonds. The number of carbonyl (C=O) groups excluding carboxylic acids is 1. The van der Waals surface area contributed by atoms with Crippen LogP contribution in [0, 0.1) is 0 Å². The van der Waals surface area contributed by atoms with Gasteiger partial charge in [-0.25, -0.2) is 0 Å². The summed E-state index contributed by atoms with van der Waals surface area (Å²) in [6.45, 7) is 0.566. The molecule has 0 saturated heterocycles. The van der Waals surface area contributed by atoms with Gasteiger partial charge in [-0.3, -0.25) is 9.69 Å². The molecular formula is C20H23N3O. The molecule has 1 atom stereocenters. The summed E-state index contributed by atoms with van der Waals surface area (Å²) >= 11 is 0. The fourth-order valence-electron chi connectivity index (χ4n) is 2.99. The van der Waals surface area contributed by atoms with Gasteiger partial charge in [0.15, 0.2) is 0 Å². The van der Waals surface area contributed by atoms with Crippen LogP contribution >= 0.6 is 0 Å². The zero-order chi connectivity index (χ0) is 17.1. The van der Waals surface area contributed by atoms with E-state index in [1.807, 2.05) is 69.8 Å². The molecule has 2 aromatic carbocycles. The SMILES string of the molecule is CN(C)C(CNC(=O)c1ccc2ccccc2c1)c1cccn1C. The maximum absolute atomic E-state index is 12.5. The van der Waals surface area contributed by atoms with Crippen LogP contribution in [0.5, 0.6) is 0 Å². The van der Waals surface area contributed by atoms with Crippen molar-refractivity contribution in [2.75, 3.05) is 20.6 Å². The minimum atomic E-state index is -0.0400. The Balaban J connectivity index is 1.74. The Morgan fingerprint density at radius 2 is 1.83 bits per heavy atom. The molecule has 0 radical (unpaired) electrons. The lowest BCUT2D eigenvalue weighted by Crippen LogP contribution is -2.35. The Labute approximate surface area is 142 Å². The molecule has 0 spiro atoms. The number of likely N-dealkylation sites (N-methyl/N-ethyl adjacent to an activating group) is 1. The summed E-state index contributed by atoms with van der Waals surface area (Å²) in [6.07, 6.45) is 2.02. The van der Waals surface area contributed by atoms with Gasteiger partial charge in [0.2, 0.25) is 0 Å². The summed E-state index contributed by atoms with van der Waals surface area (Å²) < 4.78 is 2.09. The summed E-state index contributed by atoms with van der Waals surface area (Å²) in [4.78, 5) is 14.7. The van der Waals surface area contributed by atoms with Crippen LogP contribution in [0.25, 0.3) is 10.8 Å². The number of carbonyl (C=O) groups is 1. The molecule has 1 unspecified atom stereocenters. The van der Waals surface area contributed by atoms with Gasteiger partial charge in [0.1, 0.15) is 0 Å². The van der Waals surface area contributed by atoms with Crippen LogP contribution in [-0.2, 0) is 7.05 Å². The van der Waals surface area contributed by atoms with Gasteiger partial charge in [0.25, 0.3) is 5.91 Å². The lowest BCUT2D eigenvalue weighted by molar-refractivity contribution is 0.0941. The molecule has 3 rings (SSSR count). The maximum Gasteiger partial charge on any atom is 0.251 e. The molecular weight excluding hydrogens is 298 g/mol. The molecule has 124 valence electrons. The van der Waals surface area contributed by atoms with Crippen molar-refractivity contribution in [1.29, 1.82) is 0 Å². The van der Waals surface area contributed by atoms with Crippen LogP contribution in [0.3, 0.4) is 0 Å². The molecule has 0 saturated carbocycles. The van der Waals surface area contributed by atoms with Crippen molar-refractivity contribution in [2.45, 2.75) is 6.04 Å². The molecule has 1 heterocycles. The van der Waals surface area contributed by atoms with E-state index in [0.717, 1.165) is 10.8 Å². The highest BCUT2D eigenvalue weighted by atomic mass is 16.1. The number of hydrogen-bond donors (Lipinski definition) is 1. The number of aryl methyl sites for hydroxylation is 1. The molecule has 0 bridgehead atoms. The average Bonchev–Trinajstić information content (AvgIpc) is 3.00. The van der Waals surface area contributed by atoms with Crippen LogP contribution in [0.4, 0.5) is 0 Å². The van der Waals surface area contributed by atoms with Gasteiger partial charge in [0.05, 0.1) is 6.04 Å². The van der Waals surface area contributed by atoms with Crippen LogP contribution in [0.1, 0.15) is 22.1 Å². The van der Waals surface area contributed by atoms with E-state index in [1.165, 1.54) is 5.69 Å². The second-order valence-electron chi connectivity index (χ2n) is 6.30. The zero-order valence-electron chi connectivity index (χ0n) is 14.4. The van der Waals surface area contributed by atoms with Crippen LogP contribution in [-0.4, -0.2) is 36.0 Å². The van der Waals surface area contributed by atoms with E-state index in [-0.39, 0.29) is 11.9 Å². The summed E-state index contributed by atoms with van der Waals surface area (Å²) in [5.41, 5.74) is 1.87. The second kappa shape index (κ2) is 6.89. The minimum absolute atomic E-state index is 0.0400. The van der Waals surface area contributed by atoms with Gasteiger partial charge in [-0.15, -0.1) is 0 Å². The maximum atomic E-state index is 12.5. The number of benzene rings is 2. The predicted octanol–water partition coefficient (Wildman–Crippen LogP) is 3.21.